The predicted molar refractivity (Wildman–Crippen MR) is 84.0 cm³/mol. The molecule has 0 unspecified atom stereocenters. The second kappa shape index (κ2) is 8.79. The van der Waals surface area contributed by atoms with E-state index in [2.05, 4.69) is 17.6 Å². The van der Waals surface area contributed by atoms with Gasteiger partial charge in [0.05, 0.1) is 10.6 Å². The van der Waals surface area contributed by atoms with Crippen molar-refractivity contribution in [2.75, 3.05) is 25.4 Å². The SMILES string of the molecule is CCCNCCNC(=O)CCS(=O)(=O)c1ccc(C)cc1. The summed E-state index contributed by atoms with van der Waals surface area (Å²) in [4.78, 5) is 11.9. The highest BCUT2D eigenvalue weighted by Gasteiger charge is 2.15. The third-order valence-corrected chi connectivity index (χ3v) is 4.76. The number of carbonyl (C=O) groups is 1. The van der Waals surface area contributed by atoms with E-state index in [1.807, 2.05) is 6.92 Å². The summed E-state index contributed by atoms with van der Waals surface area (Å²) in [5, 5.41) is 5.87. The van der Waals surface area contributed by atoms with Crippen LogP contribution in [0, 0.1) is 6.92 Å². The van der Waals surface area contributed by atoms with Crippen LogP contribution in [-0.4, -0.2) is 39.7 Å². The Morgan fingerprint density at radius 2 is 1.76 bits per heavy atom. The Labute approximate surface area is 127 Å². The van der Waals surface area contributed by atoms with Crippen LogP contribution in [0.4, 0.5) is 0 Å². The Kier molecular flexibility index (Phi) is 7.39. The van der Waals surface area contributed by atoms with Crippen LogP contribution in [0.2, 0.25) is 0 Å². The summed E-state index contributed by atoms with van der Waals surface area (Å²) < 4.78 is 24.1. The van der Waals surface area contributed by atoms with Crippen LogP contribution in [0.15, 0.2) is 29.2 Å². The molecule has 0 atom stereocenters. The fourth-order valence-electron chi connectivity index (χ4n) is 1.77. The molecule has 0 saturated heterocycles. The first-order valence-electron chi connectivity index (χ1n) is 7.22. The normalized spacial score (nSPS) is 11.3. The lowest BCUT2D eigenvalue weighted by Crippen LogP contribution is -2.32. The second-order valence-corrected chi connectivity index (χ2v) is 7.09. The summed E-state index contributed by atoms with van der Waals surface area (Å²) >= 11 is 0. The minimum atomic E-state index is -3.39. The van der Waals surface area contributed by atoms with E-state index in [-0.39, 0.29) is 23.0 Å². The summed E-state index contributed by atoms with van der Waals surface area (Å²) in [7, 11) is -3.39. The highest BCUT2D eigenvalue weighted by molar-refractivity contribution is 7.91. The molecule has 0 aliphatic heterocycles. The van der Waals surface area contributed by atoms with Crippen LogP contribution in [0.3, 0.4) is 0 Å². The van der Waals surface area contributed by atoms with Gasteiger partial charge in [-0.1, -0.05) is 24.6 Å². The Morgan fingerprint density at radius 1 is 1.10 bits per heavy atom. The number of rotatable bonds is 9. The number of carbonyl (C=O) groups excluding carboxylic acids is 1. The molecule has 5 nitrogen and oxygen atoms in total. The van der Waals surface area contributed by atoms with E-state index in [0.29, 0.717) is 13.1 Å². The molecule has 1 aromatic rings. The summed E-state index contributed by atoms with van der Waals surface area (Å²) in [6.45, 7) is 6.10. The van der Waals surface area contributed by atoms with E-state index >= 15 is 0 Å². The van der Waals surface area contributed by atoms with Gasteiger partial charge in [-0.2, -0.15) is 0 Å². The molecule has 0 aliphatic rings. The minimum absolute atomic E-state index is 0.00993. The molecule has 0 bridgehead atoms. The molecule has 6 heteroatoms. The summed E-state index contributed by atoms with van der Waals surface area (Å²) in [6.07, 6.45) is 1.03. The molecule has 0 fully saturated rings. The van der Waals surface area contributed by atoms with Crippen molar-refractivity contribution >= 4 is 15.7 Å². The lowest BCUT2D eigenvalue weighted by Gasteiger charge is -2.07. The van der Waals surface area contributed by atoms with Crippen LogP contribution in [0.25, 0.3) is 0 Å². The predicted octanol–water partition coefficient (Wildman–Crippen LogP) is 1.27. The highest BCUT2D eigenvalue weighted by Crippen LogP contribution is 2.12. The van der Waals surface area contributed by atoms with E-state index in [4.69, 9.17) is 0 Å². The number of sulfone groups is 1. The Morgan fingerprint density at radius 3 is 2.38 bits per heavy atom. The minimum Gasteiger partial charge on any atom is -0.355 e. The van der Waals surface area contributed by atoms with E-state index in [0.717, 1.165) is 18.5 Å². The maximum Gasteiger partial charge on any atom is 0.221 e. The zero-order chi connectivity index (χ0) is 15.7. The average molecular weight is 312 g/mol. The molecule has 21 heavy (non-hydrogen) atoms. The first-order valence-corrected chi connectivity index (χ1v) is 8.88. The first kappa shape index (κ1) is 17.7. The largest absolute Gasteiger partial charge is 0.355 e. The fourth-order valence-corrected chi connectivity index (χ4v) is 3.01. The van der Waals surface area contributed by atoms with Gasteiger partial charge in [0.15, 0.2) is 9.84 Å². The molecule has 0 aromatic heterocycles. The average Bonchev–Trinajstić information content (AvgIpc) is 2.45. The quantitative estimate of drug-likeness (QED) is 0.674. The smallest absolute Gasteiger partial charge is 0.221 e. The number of hydrogen-bond donors (Lipinski definition) is 2. The molecule has 0 heterocycles. The molecule has 118 valence electrons. The Bertz CT molecular complexity index is 539. The van der Waals surface area contributed by atoms with E-state index in [9.17, 15) is 13.2 Å². The van der Waals surface area contributed by atoms with Crippen molar-refractivity contribution in [1.29, 1.82) is 0 Å². The van der Waals surface area contributed by atoms with Crippen LogP contribution < -0.4 is 10.6 Å². The third-order valence-electron chi connectivity index (χ3n) is 3.03. The molecule has 0 radical (unpaired) electrons. The molecular formula is C15H24N2O3S. The monoisotopic (exact) mass is 312 g/mol. The topological polar surface area (TPSA) is 75.3 Å². The van der Waals surface area contributed by atoms with Gasteiger partial charge in [-0.05, 0) is 32.0 Å². The number of aryl methyl sites for hydroxylation is 1. The van der Waals surface area contributed by atoms with E-state index in [1.54, 1.807) is 24.3 Å². The zero-order valence-corrected chi connectivity index (χ0v) is 13.5. The zero-order valence-electron chi connectivity index (χ0n) is 12.7. The number of hydrogen-bond acceptors (Lipinski definition) is 4. The first-order chi connectivity index (χ1) is 9.95. The van der Waals surface area contributed by atoms with Gasteiger partial charge in [0.2, 0.25) is 5.91 Å². The summed E-state index contributed by atoms with van der Waals surface area (Å²) in [5.74, 6) is -0.395. The van der Waals surface area contributed by atoms with Crippen molar-refractivity contribution in [2.24, 2.45) is 0 Å². The van der Waals surface area contributed by atoms with Crippen LogP contribution in [-0.2, 0) is 14.6 Å². The van der Waals surface area contributed by atoms with Crippen molar-refractivity contribution in [2.45, 2.75) is 31.6 Å². The fraction of sp³-hybridized carbons (Fsp3) is 0.533. The van der Waals surface area contributed by atoms with Crippen molar-refractivity contribution < 1.29 is 13.2 Å². The van der Waals surface area contributed by atoms with Gasteiger partial charge in [0.1, 0.15) is 0 Å². The van der Waals surface area contributed by atoms with Crippen LogP contribution >= 0.6 is 0 Å². The van der Waals surface area contributed by atoms with E-state index < -0.39 is 9.84 Å². The van der Waals surface area contributed by atoms with Crippen LogP contribution in [0.5, 0.6) is 0 Å². The molecule has 2 N–H and O–H groups in total. The Hall–Kier alpha value is -1.40. The third kappa shape index (κ3) is 6.73. The molecular weight excluding hydrogens is 288 g/mol. The standard InChI is InChI=1S/C15H24N2O3S/c1-3-9-16-10-11-17-15(18)8-12-21(19,20)14-6-4-13(2)5-7-14/h4-7,16H,3,8-12H2,1-2H3,(H,17,18). The molecule has 1 rings (SSSR count). The Balaban J connectivity index is 2.36. The lowest BCUT2D eigenvalue weighted by atomic mass is 10.2. The van der Waals surface area contributed by atoms with Crippen molar-refractivity contribution in [3.63, 3.8) is 0 Å². The molecule has 1 amide bonds. The number of benzene rings is 1. The van der Waals surface area contributed by atoms with Crippen molar-refractivity contribution in [3.8, 4) is 0 Å². The second-order valence-electron chi connectivity index (χ2n) is 4.98. The van der Waals surface area contributed by atoms with Crippen LogP contribution in [0.1, 0.15) is 25.3 Å². The van der Waals surface area contributed by atoms with Gasteiger partial charge in [0.25, 0.3) is 0 Å². The van der Waals surface area contributed by atoms with Crippen molar-refractivity contribution in [1.82, 2.24) is 10.6 Å². The lowest BCUT2D eigenvalue weighted by molar-refractivity contribution is -0.120. The molecule has 1 aromatic carbocycles. The maximum absolute atomic E-state index is 12.1. The molecule has 0 aliphatic carbocycles. The van der Waals surface area contributed by atoms with Gasteiger partial charge in [-0.3, -0.25) is 4.79 Å². The summed E-state index contributed by atoms with van der Waals surface area (Å²) in [6, 6.07) is 6.67. The van der Waals surface area contributed by atoms with Gasteiger partial charge in [-0.15, -0.1) is 0 Å². The number of amides is 1. The number of nitrogens with one attached hydrogen (secondary N) is 2. The van der Waals surface area contributed by atoms with Gasteiger partial charge in [0, 0.05) is 19.5 Å². The molecule has 0 spiro atoms. The maximum atomic E-state index is 12.1. The summed E-state index contributed by atoms with van der Waals surface area (Å²) in [5.41, 5.74) is 1.01. The van der Waals surface area contributed by atoms with Gasteiger partial charge < -0.3 is 10.6 Å². The highest BCUT2D eigenvalue weighted by atomic mass is 32.2. The molecule has 0 saturated carbocycles. The van der Waals surface area contributed by atoms with Crippen molar-refractivity contribution in [3.05, 3.63) is 29.8 Å². The van der Waals surface area contributed by atoms with E-state index in [1.165, 1.54) is 0 Å². The van der Waals surface area contributed by atoms with Gasteiger partial charge in [-0.25, -0.2) is 8.42 Å². The van der Waals surface area contributed by atoms with Gasteiger partial charge >= 0.3 is 0 Å².